The van der Waals surface area contributed by atoms with Crippen LogP contribution in [0.1, 0.15) is 26.1 Å². The van der Waals surface area contributed by atoms with Gasteiger partial charge in [-0.3, -0.25) is 0 Å². The second kappa shape index (κ2) is 5.72. The minimum absolute atomic E-state index is 0.270. The first-order valence-electron chi connectivity index (χ1n) is 7.90. The lowest BCUT2D eigenvalue weighted by Gasteiger charge is -2.39. The normalized spacial score (nSPS) is 20.8. The van der Waals surface area contributed by atoms with Crippen molar-refractivity contribution in [3.05, 3.63) is 30.2 Å². The van der Waals surface area contributed by atoms with E-state index in [4.69, 9.17) is 4.98 Å². The van der Waals surface area contributed by atoms with E-state index in [2.05, 4.69) is 40.1 Å². The smallest absolute Gasteiger partial charge is 0.126 e. The van der Waals surface area contributed by atoms with Gasteiger partial charge in [-0.25, -0.2) is 9.97 Å². The fraction of sp³-hybridized carbons (Fsp3) is 0.529. The molecule has 118 valence electrons. The van der Waals surface area contributed by atoms with Crippen LogP contribution in [0.4, 0.5) is 5.82 Å². The summed E-state index contributed by atoms with van der Waals surface area (Å²) >= 11 is 0. The lowest BCUT2D eigenvalue weighted by atomic mass is 9.79. The molecule has 0 aliphatic carbocycles. The van der Waals surface area contributed by atoms with Gasteiger partial charge < -0.3 is 15.2 Å². The molecule has 0 aromatic carbocycles. The molecule has 3 rings (SSSR count). The van der Waals surface area contributed by atoms with Crippen LogP contribution in [0.2, 0.25) is 0 Å². The van der Waals surface area contributed by atoms with Gasteiger partial charge in [0.25, 0.3) is 0 Å². The van der Waals surface area contributed by atoms with Crippen LogP contribution in [0, 0.1) is 12.3 Å². The molecule has 0 spiro atoms. The van der Waals surface area contributed by atoms with Crippen LogP contribution in [0.5, 0.6) is 0 Å². The van der Waals surface area contributed by atoms with Crippen LogP contribution >= 0.6 is 0 Å². The number of pyridine rings is 1. The van der Waals surface area contributed by atoms with E-state index in [1.54, 1.807) is 0 Å². The van der Waals surface area contributed by atoms with E-state index in [9.17, 15) is 0 Å². The van der Waals surface area contributed by atoms with Crippen molar-refractivity contribution < 1.29 is 0 Å². The molecule has 2 N–H and O–H groups in total. The molecular formula is C17H25N5. The first kappa shape index (κ1) is 15.0. The van der Waals surface area contributed by atoms with Gasteiger partial charge in [0, 0.05) is 19.6 Å². The third kappa shape index (κ3) is 2.86. The van der Waals surface area contributed by atoms with E-state index in [0.717, 1.165) is 36.1 Å². The standard InChI is InChI=1S/C17H25N5/c1-12-19-10-14(22(12)4)13-6-5-7-16(20-13)21-15-11-18-9-8-17(15,2)3/h5-7,10,15,18H,8-9,11H2,1-4H3,(H,20,21). The van der Waals surface area contributed by atoms with Gasteiger partial charge in [0.05, 0.1) is 17.6 Å². The first-order valence-corrected chi connectivity index (χ1v) is 7.90. The molecule has 1 aliphatic rings. The highest BCUT2D eigenvalue weighted by Crippen LogP contribution is 2.30. The van der Waals surface area contributed by atoms with Gasteiger partial charge in [-0.15, -0.1) is 0 Å². The number of piperidine rings is 1. The maximum atomic E-state index is 4.78. The molecule has 2 aromatic rings. The molecule has 0 bridgehead atoms. The topological polar surface area (TPSA) is 54.8 Å². The van der Waals surface area contributed by atoms with Gasteiger partial charge in [0.15, 0.2) is 0 Å². The van der Waals surface area contributed by atoms with Gasteiger partial charge in [-0.05, 0) is 37.4 Å². The largest absolute Gasteiger partial charge is 0.366 e. The fourth-order valence-corrected chi connectivity index (χ4v) is 2.93. The summed E-state index contributed by atoms with van der Waals surface area (Å²) in [6.45, 7) is 8.71. The van der Waals surface area contributed by atoms with Crippen molar-refractivity contribution in [3.63, 3.8) is 0 Å². The minimum Gasteiger partial charge on any atom is -0.366 e. The summed E-state index contributed by atoms with van der Waals surface area (Å²) in [5, 5.41) is 7.07. The van der Waals surface area contributed by atoms with Crippen LogP contribution in [0.15, 0.2) is 24.4 Å². The maximum absolute atomic E-state index is 4.78. The molecule has 0 amide bonds. The SMILES string of the molecule is Cc1ncc(-c2cccc(NC3CNCCC3(C)C)n2)n1C. The Morgan fingerprint density at radius 3 is 2.86 bits per heavy atom. The fourth-order valence-electron chi connectivity index (χ4n) is 2.93. The highest BCUT2D eigenvalue weighted by molar-refractivity contribution is 5.57. The zero-order valence-corrected chi connectivity index (χ0v) is 13.8. The number of hydrogen-bond donors (Lipinski definition) is 2. The summed E-state index contributed by atoms with van der Waals surface area (Å²) in [5.41, 5.74) is 2.27. The summed E-state index contributed by atoms with van der Waals surface area (Å²) < 4.78 is 2.07. The second-order valence-corrected chi connectivity index (χ2v) is 6.80. The number of aryl methyl sites for hydroxylation is 1. The molecule has 1 saturated heterocycles. The highest BCUT2D eigenvalue weighted by Gasteiger charge is 2.32. The number of rotatable bonds is 3. The van der Waals surface area contributed by atoms with Gasteiger partial charge in [0.2, 0.25) is 0 Å². The Morgan fingerprint density at radius 2 is 2.18 bits per heavy atom. The number of imidazole rings is 1. The highest BCUT2D eigenvalue weighted by atomic mass is 15.1. The zero-order valence-electron chi connectivity index (χ0n) is 13.8. The molecular weight excluding hydrogens is 274 g/mol. The average molecular weight is 299 g/mol. The van der Waals surface area contributed by atoms with Gasteiger partial charge in [0.1, 0.15) is 11.6 Å². The number of aromatic nitrogens is 3. The molecule has 1 atom stereocenters. The van der Waals surface area contributed by atoms with E-state index in [1.165, 1.54) is 6.42 Å². The molecule has 1 fully saturated rings. The van der Waals surface area contributed by atoms with Crippen molar-refractivity contribution in [1.82, 2.24) is 19.9 Å². The van der Waals surface area contributed by atoms with E-state index in [1.807, 2.05) is 32.3 Å². The molecule has 22 heavy (non-hydrogen) atoms. The molecule has 0 radical (unpaired) electrons. The molecule has 3 heterocycles. The number of nitrogens with one attached hydrogen (secondary N) is 2. The van der Waals surface area contributed by atoms with Gasteiger partial charge in [-0.1, -0.05) is 19.9 Å². The lowest BCUT2D eigenvalue weighted by molar-refractivity contribution is 0.231. The summed E-state index contributed by atoms with van der Waals surface area (Å²) in [7, 11) is 2.02. The number of anilines is 1. The van der Waals surface area contributed by atoms with Crippen LogP contribution in [0.25, 0.3) is 11.4 Å². The third-order valence-corrected chi connectivity index (χ3v) is 4.79. The predicted octanol–water partition coefficient (Wildman–Crippen LogP) is 2.59. The Morgan fingerprint density at radius 1 is 1.36 bits per heavy atom. The summed E-state index contributed by atoms with van der Waals surface area (Å²) in [4.78, 5) is 9.13. The predicted molar refractivity (Wildman–Crippen MR) is 89.9 cm³/mol. The quantitative estimate of drug-likeness (QED) is 0.914. The van der Waals surface area contributed by atoms with Crippen LogP contribution in [-0.2, 0) is 7.05 Å². The Bertz CT molecular complexity index is 659. The van der Waals surface area contributed by atoms with Gasteiger partial charge >= 0.3 is 0 Å². The summed E-state index contributed by atoms with van der Waals surface area (Å²) in [5.74, 6) is 1.92. The average Bonchev–Trinajstić information content (AvgIpc) is 2.82. The van der Waals surface area contributed by atoms with Crippen molar-refractivity contribution in [3.8, 4) is 11.4 Å². The number of nitrogens with zero attached hydrogens (tertiary/aromatic N) is 3. The van der Waals surface area contributed by atoms with Crippen LogP contribution < -0.4 is 10.6 Å². The first-order chi connectivity index (χ1) is 10.5. The number of hydrogen-bond acceptors (Lipinski definition) is 4. The molecule has 1 unspecified atom stereocenters. The van der Waals surface area contributed by atoms with E-state index >= 15 is 0 Å². The summed E-state index contributed by atoms with van der Waals surface area (Å²) in [6, 6.07) is 6.51. The van der Waals surface area contributed by atoms with Crippen molar-refractivity contribution >= 4 is 5.82 Å². The summed E-state index contributed by atoms with van der Waals surface area (Å²) in [6.07, 6.45) is 3.05. The third-order valence-electron chi connectivity index (χ3n) is 4.79. The Kier molecular flexibility index (Phi) is 3.91. The Balaban J connectivity index is 1.84. The molecule has 2 aromatic heterocycles. The molecule has 5 heteroatoms. The minimum atomic E-state index is 0.270. The molecule has 5 nitrogen and oxygen atoms in total. The Hall–Kier alpha value is -1.88. The van der Waals surface area contributed by atoms with Crippen molar-refractivity contribution in [1.29, 1.82) is 0 Å². The maximum Gasteiger partial charge on any atom is 0.126 e. The van der Waals surface area contributed by atoms with Crippen LogP contribution in [-0.4, -0.2) is 33.7 Å². The Labute approximate surface area is 132 Å². The van der Waals surface area contributed by atoms with E-state index in [-0.39, 0.29) is 5.41 Å². The molecule has 0 saturated carbocycles. The van der Waals surface area contributed by atoms with Crippen molar-refractivity contribution in [2.45, 2.75) is 33.2 Å². The van der Waals surface area contributed by atoms with E-state index < -0.39 is 0 Å². The van der Waals surface area contributed by atoms with Crippen molar-refractivity contribution in [2.24, 2.45) is 12.5 Å². The van der Waals surface area contributed by atoms with Crippen molar-refractivity contribution in [2.75, 3.05) is 18.4 Å². The zero-order chi connectivity index (χ0) is 15.7. The monoisotopic (exact) mass is 299 g/mol. The van der Waals surface area contributed by atoms with E-state index in [0.29, 0.717) is 6.04 Å². The lowest BCUT2D eigenvalue weighted by Crippen LogP contribution is -2.50. The van der Waals surface area contributed by atoms with Gasteiger partial charge in [-0.2, -0.15) is 0 Å². The van der Waals surface area contributed by atoms with Crippen LogP contribution in [0.3, 0.4) is 0 Å². The molecule has 1 aliphatic heterocycles. The second-order valence-electron chi connectivity index (χ2n) is 6.80.